The van der Waals surface area contributed by atoms with Gasteiger partial charge in [-0.15, -0.1) is 0 Å². The van der Waals surface area contributed by atoms with Crippen LogP contribution in [0.3, 0.4) is 0 Å². The van der Waals surface area contributed by atoms with E-state index in [1.807, 2.05) is 0 Å². The van der Waals surface area contributed by atoms with Crippen molar-refractivity contribution < 1.29 is 17.5 Å². The van der Waals surface area contributed by atoms with E-state index in [1.165, 1.54) is 19.1 Å². The van der Waals surface area contributed by atoms with Crippen molar-refractivity contribution in [3.63, 3.8) is 0 Å². The van der Waals surface area contributed by atoms with Crippen LogP contribution in [0.5, 0.6) is 5.75 Å². The molecular formula is C13H8Br3NO5S. The van der Waals surface area contributed by atoms with Crippen LogP contribution in [0.4, 0.5) is 5.69 Å². The van der Waals surface area contributed by atoms with Gasteiger partial charge in [-0.1, -0.05) is 22.0 Å². The summed E-state index contributed by atoms with van der Waals surface area (Å²) in [6.07, 6.45) is 0. The van der Waals surface area contributed by atoms with Crippen LogP contribution in [0, 0.1) is 17.0 Å². The summed E-state index contributed by atoms with van der Waals surface area (Å²) in [6.45, 7) is 1.53. The highest BCUT2D eigenvalue weighted by Gasteiger charge is 2.24. The molecule has 0 saturated carbocycles. The molecule has 0 aliphatic heterocycles. The third-order valence-electron chi connectivity index (χ3n) is 2.81. The summed E-state index contributed by atoms with van der Waals surface area (Å²) in [6, 6.07) is 6.82. The number of benzene rings is 2. The predicted octanol–water partition coefficient (Wildman–Crippen LogP) is 4.96. The highest BCUT2D eigenvalue weighted by Crippen LogP contribution is 2.38. The summed E-state index contributed by atoms with van der Waals surface area (Å²) in [5, 5.41) is 10.8. The summed E-state index contributed by atoms with van der Waals surface area (Å²) in [7, 11) is -4.24. The van der Waals surface area contributed by atoms with E-state index in [0.717, 1.165) is 6.07 Å². The molecule has 0 aromatic heterocycles. The van der Waals surface area contributed by atoms with E-state index in [-0.39, 0.29) is 16.3 Å². The van der Waals surface area contributed by atoms with Gasteiger partial charge in [0.1, 0.15) is 4.90 Å². The van der Waals surface area contributed by atoms with E-state index in [4.69, 9.17) is 4.18 Å². The second kappa shape index (κ2) is 6.88. The van der Waals surface area contributed by atoms with Crippen LogP contribution in [0.15, 0.2) is 48.6 Å². The van der Waals surface area contributed by atoms with E-state index in [9.17, 15) is 18.5 Å². The summed E-state index contributed by atoms with van der Waals surface area (Å²) >= 11 is 9.71. The average Bonchev–Trinajstić information content (AvgIpc) is 2.42. The van der Waals surface area contributed by atoms with Gasteiger partial charge < -0.3 is 4.18 Å². The first-order valence-electron chi connectivity index (χ1n) is 5.96. The number of hydrogen-bond donors (Lipinski definition) is 0. The van der Waals surface area contributed by atoms with Gasteiger partial charge in [0.05, 0.1) is 13.9 Å². The van der Waals surface area contributed by atoms with Gasteiger partial charge in [0.15, 0.2) is 5.75 Å². The molecule has 0 aliphatic carbocycles. The fourth-order valence-electron chi connectivity index (χ4n) is 1.73. The molecule has 0 unspecified atom stereocenters. The minimum atomic E-state index is -4.24. The van der Waals surface area contributed by atoms with Crippen LogP contribution in [0.1, 0.15) is 5.56 Å². The van der Waals surface area contributed by atoms with Gasteiger partial charge >= 0.3 is 10.1 Å². The van der Waals surface area contributed by atoms with Gasteiger partial charge in [0.2, 0.25) is 0 Å². The van der Waals surface area contributed by atoms with E-state index in [2.05, 4.69) is 47.8 Å². The van der Waals surface area contributed by atoms with Crippen LogP contribution in [-0.2, 0) is 10.1 Å². The molecule has 0 heterocycles. The summed E-state index contributed by atoms with van der Waals surface area (Å²) in [5.74, 6) is 0.0547. The van der Waals surface area contributed by atoms with Crippen LogP contribution < -0.4 is 4.18 Å². The smallest absolute Gasteiger partial charge is 0.339 e. The molecule has 0 amide bonds. The molecule has 0 saturated heterocycles. The Labute approximate surface area is 157 Å². The fourth-order valence-corrected chi connectivity index (χ4v) is 5.59. The van der Waals surface area contributed by atoms with Crippen LogP contribution >= 0.6 is 47.8 Å². The number of nitro benzene ring substituents is 1. The number of hydrogen-bond acceptors (Lipinski definition) is 5. The summed E-state index contributed by atoms with van der Waals surface area (Å²) < 4.78 is 31.7. The monoisotopic (exact) mass is 527 g/mol. The molecule has 2 aromatic carbocycles. The number of nitrogens with zero attached hydrogens (tertiary/aromatic N) is 1. The molecular weight excluding hydrogens is 522 g/mol. The van der Waals surface area contributed by atoms with Crippen molar-refractivity contribution in [3.8, 4) is 5.75 Å². The van der Waals surface area contributed by atoms with Crippen molar-refractivity contribution in [2.45, 2.75) is 11.8 Å². The second-order valence-corrected chi connectivity index (χ2v) is 8.58. The van der Waals surface area contributed by atoms with E-state index >= 15 is 0 Å². The molecule has 0 N–H and O–H groups in total. The fraction of sp³-hybridized carbons (Fsp3) is 0.0769. The quantitative estimate of drug-likeness (QED) is 0.317. The zero-order valence-electron chi connectivity index (χ0n) is 11.4. The molecule has 0 bridgehead atoms. The normalized spacial score (nSPS) is 11.3. The Balaban J connectivity index is 2.52. The van der Waals surface area contributed by atoms with Crippen LogP contribution in [-0.4, -0.2) is 13.3 Å². The Hall–Kier alpha value is -0.970. The molecule has 23 heavy (non-hydrogen) atoms. The minimum absolute atomic E-state index is 0.0547. The highest BCUT2D eigenvalue weighted by atomic mass is 79.9. The van der Waals surface area contributed by atoms with Gasteiger partial charge in [0.25, 0.3) is 5.69 Å². The molecule has 122 valence electrons. The Morgan fingerprint density at radius 2 is 1.65 bits per heavy atom. The first-order valence-corrected chi connectivity index (χ1v) is 9.74. The zero-order chi connectivity index (χ0) is 17.4. The van der Waals surface area contributed by atoms with Crippen molar-refractivity contribution >= 4 is 63.6 Å². The van der Waals surface area contributed by atoms with Crippen molar-refractivity contribution in [1.29, 1.82) is 0 Å². The van der Waals surface area contributed by atoms with Gasteiger partial charge in [0, 0.05) is 16.6 Å². The maximum absolute atomic E-state index is 12.5. The van der Waals surface area contributed by atoms with Crippen molar-refractivity contribution in [3.05, 3.63) is 59.4 Å². The summed E-state index contributed by atoms with van der Waals surface area (Å²) in [4.78, 5) is 9.93. The number of nitro groups is 1. The molecule has 2 aromatic rings. The summed E-state index contributed by atoms with van der Waals surface area (Å²) in [5.41, 5.74) is 0.0201. The minimum Gasteiger partial charge on any atom is -0.377 e. The molecule has 0 aliphatic rings. The Morgan fingerprint density at radius 3 is 2.17 bits per heavy atom. The van der Waals surface area contributed by atoms with Gasteiger partial charge in [-0.25, -0.2) is 0 Å². The third-order valence-corrected chi connectivity index (χ3v) is 5.81. The topological polar surface area (TPSA) is 86.5 Å². The van der Waals surface area contributed by atoms with Crippen molar-refractivity contribution in [1.82, 2.24) is 0 Å². The second-order valence-electron chi connectivity index (χ2n) is 4.44. The van der Waals surface area contributed by atoms with Gasteiger partial charge in [-0.3, -0.25) is 10.1 Å². The van der Waals surface area contributed by atoms with Gasteiger partial charge in [-0.2, -0.15) is 8.42 Å². The molecule has 6 nitrogen and oxygen atoms in total. The number of non-ortho nitro benzene ring substituents is 1. The molecule has 0 fully saturated rings. The number of rotatable bonds is 4. The van der Waals surface area contributed by atoms with Crippen molar-refractivity contribution in [2.24, 2.45) is 0 Å². The molecule has 10 heteroatoms. The lowest BCUT2D eigenvalue weighted by atomic mass is 10.2. The number of halogens is 3. The number of aryl methyl sites for hydroxylation is 1. The molecule has 0 atom stereocenters. The average molecular weight is 530 g/mol. The lowest BCUT2D eigenvalue weighted by molar-refractivity contribution is -0.385. The van der Waals surface area contributed by atoms with Crippen LogP contribution in [0.2, 0.25) is 0 Å². The third kappa shape index (κ3) is 4.11. The maximum atomic E-state index is 12.5. The van der Waals surface area contributed by atoms with E-state index in [0.29, 0.717) is 19.0 Å². The van der Waals surface area contributed by atoms with Crippen molar-refractivity contribution in [2.75, 3.05) is 0 Å². The Bertz CT molecular complexity index is 875. The van der Waals surface area contributed by atoms with E-state index in [1.54, 1.807) is 12.1 Å². The molecule has 2 rings (SSSR count). The lowest BCUT2D eigenvalue weighted by Gasteiger charge is -2.12. The first kappa shape index (κ1) is 18.4. The molecule has 0 radical (unpaired) electrons. The highest BCUT2D eigenvalue weighted by molar-refractivity contribution is 9.11. The molecule has 0 spiro atoms. The Kier molecular flexibility index (Phi) is 5.49. The largest absolute Gasteiger partial charge is 0.377 e. The SMILES string of the molecule is Cc1ccc([N+](=O)[O-])cc1S(=O)(=O)Oc1c(Br)cc(Br)cc1Br. The predicted molar refractivity (Wildman–Crippen MR) is 95.2 cm³/mol. The zero-order valence-corrected chi connectivity index (χ0v) is 17.0. The Morgan fingerprint density at radius 1 is 1.09 bits per heavy atom. The first-order chi connectivity index (χ1) is 10.6. The van der Waals surface area contributed by atoms with E-state index < -0.39 is 15.0 Å². The maximum Gasteiger partial charge on any atom is 0.339 e. The van der Waals surface area contributed by atoms with Gasteiger partial charge in [-0.05, 0) is 56.5 Å². The van der Waals surface area contributed by atoms with Crippen LogP contribution in [0.25, 0.3) is 0 Å². The standard InChI is InChI=1S/C13H8Br3NO5S/c1-7-2-3-9(17(18)19)6-12(7)23(20,21)22-13-10(15)4-8(14)5-11(13)16/h2-6H,1H3. The lowest BCUT2D eigenvalue weighted by Crippen LogP contribution is -2.12.